The summed E-state index contributed by atoms with van der Waals surface area (Å²) in [6, 6.07) is 3.60. The molecule has 2 heterocycles. The van der Waals surface area contributed by atoms with Crippen molar-refractivity contribution in [3.63, 3.8) is 0 Å². The Morgan fingerprint density at radius 3 is 3.27 bits per heavy atom. The SMILES string of the molecule is CCOC(=O)Nc1ccc2nccn2c1. The van der Waals surface area contributed by atoms with Gasteiger partial charge in [0.25, 0.3) is 0 Å². The summed E-state index contributed by atoms with van der Waals surface area (Å²) in [5, 5.41) is 2.62. The average Bonchev–Trinajstić information content (AvgIpc) is 2.65. The van der Waals surface area contributed by atoms with Crippen molar-refractivity contribution >= 4 is 17.4 Å². The van der Waals surface area contributed by atoms with Crippen LogP contribution in [0, 0.1) is 0 Å². The molecule has 0 fully saturated rings. The molecule has 0 saturated carbocycles. The van der Waals surface area contributed by atoms with Crippen LogP contribution in [0.3, 0.4) is 0 Å². The van der Waals surface area contributed by atoms with E-state index < -0.39 is 6.09 Å². The lowest BCUT2D eigenvalue weighted by Gasteiger charge is -2.05. The molecule has 0 aliphatic rings. The Kier molecular flexibility index (Phi) is 2.53. The van der Waals surface area contributed by atoms with Gasteiger partial charge in [-0.1, -0.05) is 0 Å². The number of hydrogen-bond acceptors (Lipinski definition) is 3. The van der Waals surface area contributed by atoms with Gasteiger partial charge in [0.05, 0.1) is 12.3 Å². The number of anilines is 1. The maximum absolute atomic E-state index is 11.1. The van der Waals surface area contributed by atoms with Crippen molar-refractivity contribution in [1.82, 2.24) is 9.38 Å². The first-order valence-electron chi connectivity index (χ1n) is 4.66. The summed E-state index contributed by atoms with van der Waals surface area (Å²) >= 11 is 0. The molecular formula is C10H11N3O2. The smallest absolute Gasteiger partial charge is 0.411 e. The van der Waals surface area contributed by atoms with Crippen LogP contribution < -0.4 is 5.32 Å². The number of fused-ring (bicyclic) bond motifs is 1. The number of nitrogens with zero attached hydrogens (tertiary/aromatic N) is 2. The third-order valence-electron chi connectivity index (χ3n) is 1.91. The summed E-state index contributed by atoms with van der Waals surface area (Å²) in [5.41, 5.74) is 1.52. The van der Waals surface area contributed by atoms with Crippen LogP contribution in [-0.4, -0.2) is 22.1 Å². The van der Waals surface area contributed by atoms with Crippen molar-refractivity contribution in [3.05, 3.63) is 30.7 Å². The largest absolute Gasteiger partial charge is 0.450 e. The number of nitrogens with one attached hydrogen (secondary N) is 1. The van der Waals surface area contributed by atoms with Crippen molar-refractivity contribution in [2.45, 2.75) is 6.92 Å². The van der Waals surface area contributed by atoms with Crippen molar-refractivity contribution < 1.29 is 9.53 Å². The van der Waals surface area contributed by atoms with Crippen molar-refractivity contribution in [2.75, 3.05) is 11.9 Å². The van der Waals surface area contributed by atoms with E-state index in [2.05, 4.69) is 10.3 Å². The van der Waals surface area contributed by atoms with Gasteiger partial charge in [-0.2, -0.15) is 0 Å². The molecule has 78 valence electrons. The molecule has 5 nitrogen and oxygen atoms in total. The zero-order valence-corrected chi connectivity index (χ0v) is 8.30. The number of aromatic nitrogens is 2. The zero-order valence-electron chi connectivity index (χ0n) is 8.30. The number of pyridine rings is 1. The first-order chi connectivity index (χ1) is 7.29. The lowest BCUT2D eigenvalue weighted by molar-refractivity contribution is 0.168. The van der Waals surface area contributed by atoms with Crippen molar-refractivity contribution in [1.29, 1.82) is 0 Å². The molecule has 1 amide bonds. The molecule has 0 saturated heterocycles. The first-order valence-corrected chi connectivity index (χ1v) is 4.66. The Morgan fingerprint density at radius 1 is 1.60 bits per heavy atom. The second-order valence-electron chi connectivity index (χ2n) is 2.96. The number of rotatable bonds is 2. The predicted molar refractivity (Wildman–Crippen MR) is 55.8 cm³/mol. The first kappa shape index (κ1) is 9.51. The molecule has 1 N–H and O–H groups in total. The Balaban J connectivity index is 2.17. The highest BCUT2D eigenvalue weighted by molar-refractivity contribution is 5.84. The maximum atomic E-state index is 11.1. The van der Waals surface area contributed by atoms with Crippen LogP contribution >= 0.6 is 0 Å². The standard InChI is InChI=1S/C10H11N3O2/c1-2-15-10(14)12-8-3-4-9-11-5-6-13(9)7-8/h3-7H,2H2,1H3,(H,12,14). The highest BCUT2D eigenvalue weighted by Crippen LogP contribution is 2.09. The normalized spacial score (nSPS) is 10.2. The molecule has 15 heavy (non-hydrogen) atoms. The molecule has 2 aromatic heterocycles. The Hall–Kier alpha value is -2.04. The van der Waals surface area contributed by atoms with Gasteiger partial charge in [-0.25, -0.2) is 9.78 Å². The number of imidazole rings is 1. The number of carbonyl (C=O) groups excluding carboxylic acids is 1. The van der Waals surface area contributed by atoms with Gasteiger partial charge in [0.15, 0.2) is 0 Å². The lowest BCUT2D eigenvalue weighted by Crippen LogP contribution is -2.13. The van der Waals surface area contributed by atoms with Gasteiger partial charge < -0.3 is 9.14 Å². The lowest BCUT2D eigenvalue weighted by atomic mass is 10.4. The van der Waals surface area contributed by atoms with Gasteiger partial charge in [0, 0.05) is 18.6 Å². The molecule has 0 aliphatic carbocycles. The van der Waals surface area contributed by atoms with Gasteiger partial charge in [-0.05, 0) is 19.1 Å². The molecule has 0 atom stereocenters. The summed E-state index contributed by atoms with van der Waals surface area (Å²) in [7, 11) is 0. The van der Waals surface area contributed by atoms with Crippen LogP contribution in [0.5, 0.6) is 0 Å². The zero-order chi connectivity index (χ0) is 10.7. The number of hydrogen-bond donors (Lipinski definition) is 1. The number of carbonyl (C=O) groups is 1. The van der Waals surface area contributed by atoms with E-state index in [1.54, 1.807) is 25.4 Å². The van der Waals surface area contributed by atoms with E-state index in [1.807, 2.05) is 16.7 Å². The molecule has 5 heteroatoms. The fourth-order valence-electron chi connectivity index (χ4n) is 1.28. The highest BCUT2D eigenvalue weighted by Gasteiger charge is 2.02. The monoisotopic (exact) mass is 205 g/mol. The van der Waals surface area contributed by atoms with Crippen LogP contribution in [0.15, 0.2) is 30.7 Å². The molecule has 0 unspecified atom stereocenters. The van der Waals surface area contributed by atoms with Crippen LogP contribution in [0.25, 0.3) is 5.65 Å². The van der Waals surface area contributed by atoms with E-state index in [-0.39, 0.29) is 0 Å². The van der Waals surface area contributed by atoms with Crippen LogP contribution in [0.2, 0.25) is 0 Å². The molecule has 2 rings (SSSR count). The van der Waals surface area contributed by atoms with Crippen LogP contribution in [0.4, 0.5) is 10.5 Å². The second-order valence-corrected chi connectivity index (χ2v) is 2.96. The van der Waals surface area contributed by atoms with Crippen molar-refractivity contribution in [3.8, 4) is 0 Å². The van der Waals surface area contributed by atoms with E-state index in [9.17, 15) is 4.79 Å². The fraction of sp³-hybridized carbons (Fsp3) is 0.200. The molecule has 0 aliphatic heterocycles. The summed E-state index contributed by atoms with van der Waals surface area (Å²) in [5.74, 6) is 0. The van der Waals surface area contributed by atoms with Crippen LogP contribution in [0.1, 0.15) is 6.92 Å². The van der Waals surface area contributed by atoms with Gasteiger partial charge in [0.2, 0.25) is 0 Å². The van der Waals surface area contributed by atoms with E-state index in [1.165, 1.54) is 0 Å². The van der Waals surface area contributed by atoms with Crippen molar-refractivity contribution in [2.24, 2.45) is 0 Å². The van der Waals surface area contributed by atoms with Gasteiger partial charge >= 0.3 is 6.09 Å². The second kappa shape index (κ2) is 4.00. The molecule has 0 radical (unpaired) electrons. The number of ether oxygens (including phenoxy) is 1. The minimum Gasteiger partial charge on any atom is -0.450 e. The maximum Gasteiger partial charge on any atom is 0.411 e. The Morgan fingerprint density at radius 2 is 2.47 bits per heavy atom. The molecule has 0 spiro atoms. The average molecular weight is 205 g/mol. The minimum absolute atomic E-state index is 0.360. The van der Waals surface area contributed by atoms with Gasteiger partial charge in [-0.15, -0.1) is 0 Å². The highest BCUT2D eigenvalue weighted by atomic mass is 16.5. The van der Waals surface area contributed by atoms with E-state index in [0.29, 0.717) is 12.3 Å². The van der Waals surface area contributed by atoms with E-state index in [4.69, 9.17) is 4.74 Å². The van der Waals surface area contributed by atoms with Crippen LogP contribution in [-0.2, 0) is 4.74 Å². The fourth-order valence-corrected chi connectivity index (χ4v) is 1.28. The summed E-state index contributed by atoms with van der Waals surface area (Å²) in [6.45, 7) is 2.12. The summed E-state index contributed by atoms with van der Waals surface area (Å²) < 4.78 is 6.59. The number of amides is 1. The molecule has 0 bridgehead atoms. The Bertz CT molecular complexity index is 478. The third kappa shape index (κ3) is 2.07. The molecule has 0 aromatic carbocycles. The van der Waals surface area contributed by atoms with E-state index >= 15 is 0 Å². The van der Waals surface area contributed by atoms with Gasteiger partial charge in [0.1, 0.15) is 5.65 Å². The topological polar surface area (TPSA) is 55.6 Å². The van der Waals surface area contributed by atoms with Gasteiger partial charge in [-0.3, -0.25) is 5.32 Å². The molecular weight excluding hydrogens is 194 g/mol. The minimum atomic E-state index is -0.447. The quantitative estimate of drug-likeness (QED) is 0.814. The summed E-state index contributed by atoms with van der Waals surface area (Å²) in [4.78, 5) is 15.2. The third-order valence-corrected chi connectivity index (χ3v) is 1.91. The predicted octanol–water partition coefficient (Wildman–Crippen LogP) is 1.90. The Labute approximate surface area is 86.7 Å². The molecule has 2 aromatic rings. The summed E-state index contributed by atoms with van der Waals surface area (Å²) in [6.07, 6.45) is 4.84. The van der Waals surface area contributed by atoms with E-state index in [0.717, 1.165) is 5.65 Å².